The van der Waals surface area contributed by atoms with Crippen LogP contribution in [0.15, 0.2) is 18.2 Å². The maximum Gasteiger partial charge on any atom is 0.573 e. The van der Waals surface area contributed by atoms with Crippen LogP contribution in [0.3, 0.4) is 0 Å². The number of H-pyrrole nitrogens is 1. The van der Waals surface area contributed by atoms with Crippen molar-refractivity contribution in [1.29, 1.82) is 5.26 Å². The molecular weight excluding hydrogens is 319 g/mol. The van der Waals surface area contributed by atoms with E-state index < -0.39 is 24.2 Å². The van der Waals surface area contributed by atoms with Gasteiger partial charge in [0.05, 0.1) is 5.56 Å². The molecule has 0 amide bonds. The second kappa shape index (κ2) is 6.30. The van der Waals surface area contributed by atoms with Gasteiger partial charge in [-0.05, 0) is 22.6 Å². The maximum atomic E-state index is 12.4. The molecule has 8 nitrogen and oxygen atoms in total. The van der Waals surface area contributed by atoms with Crippen molar-refractivity contribution in [3.05, 3.63) is 35.2 Å². The first-order valence-corrected chi connectivity index (χ1v) is 6.01. The zero-order valence-corrected chi connectivity index (χ0v) is 11.5. The smallest absolute Gasteiger partial charge is 0.449 e. The second-order valence-corrected chi connectivity index (χ2v) is 4.19. The third-order valence-electron chi connectivity index (χ3n) is 2.55. The predicted octanol–water partition coefficient (Wildman–Crippen LogP) is 1.62. The Morgan fingerprint density at radius 2 is 2.17 bits per heavy atom. The number of esters is 1. The van der Waals surface area contributed by atoms with Crippen LogP contribution in [-0.2, 0) is 9.53 Å². The Labute approximate surface area is 126 Å². The number of hydrogen-bond acceptors (Lipinski definition) is 7. The van der Waals surface area contributed by atoms with Gasteiger partial charge in [-0.25, -0.2) is 5.10 Å². The van der Waals surface area contributed by atoms with Crippen LogP contribution < -0.4 is 4.74 Å². The topological polar surface area (TPSA) is 114 Å². The first-order valence-electron chi connectivity index (χ1n) is 6.01. The minimum Gasteiger partial charge on any atom is -0.449 e. The van der Waals surface area contributed by atoms with Gasteiger partial charge in [-0.1, -0.05) is 6.07 Å². The van der Waals surface area contributed by atoms with Crippen molar-refractivity contribution >= 4 is 5.97 Å². The summed E-state index contributed by atoms with van der Waals surface area (Å²) in [5.74, 6) is -1.42. The van der Waals surface area contributed by atoms with Crippen LogP contribution in [0.4, 0.5) is 13.2 Å². The lowest BCUT2D eigenvalue weighted by atomic mass is 10.1. The molecule has 0 aliphatic carbocycles. The molecule has 11 heteroatoms. The van der Waals surface area contributed by atoms with Crippen molar-refractivity contribution < 1.29 is 27.4 Å². The maximum absolute atomic E-state index is 12.4. The highest BCUT2D eigenvalue weighted by Crippen LogP contribution is 2.31. The van der Waals surface area contributed by atoms with E-state index in [1.54, 1.807) is 6.07 Å². The number of nitrogens with one attached hydrogen (secondary N) is 1. The number of aromatic amines is 1. The van der Waals surface area contributed by atoms with Gasteiger partial charge in [0.1, 0.15) is 11.8 Å². The van der Waals surface area contributed by atoms with Crippen LogP contribution in [-0.4, -0.2) is 33.0 Å². The summed E-state index contributed by atoms with van der Waals surface area (Å²) in [6.45, 7) is 1.12. The Kier molecular flexibility index (Phi) is 4.44. The van der Waals surface area contributed by atoms with Gasteiger partial charge in [0.2, 0.25) is 0 Å². The Bertz CT molecular complexity index is 739. The molecule has 1 aromatic carbocycles. The zero-order chi connectivity index (χ0) is 17.0. The summed E-state index contributed by atoms with van der Waals surface area (Å²) in [6, 6.07) is 4.92. The first-order chi connectivity index (χ1) is 10.8. The fourth-order valence-corrected chi connectivity index (χ4v) is 1.73. The third kappa shape index (κ3) is 4.16. The van der Waals surface area contributed by atoms with E-state index in [9.17, 15) is 18.0 Å². The van der Waals surface area contributed by atoms with Gasteiger partial charge in [-0.3, -0.25) is 4.79 Å². The summed E-state index contributed by atoms with van der Waals surface area (Å²) in [7, 11) is 0. The standard InChI is InChI=1S/C12H8F3N5O3/c1-6(21)22-10(11-17-19-20-18-11)7-2-3-8(5-16)9(4-7)23-12(13,14)15/h2-4,10H,1H3,(H,17,18,19,20). The molecule has 2 aromatic rings. The average Bonchev–Trinajstić information content (AvgIpc) is 2.96. The number of nitriles is 1. The molecule has 1 aromatic heterocycles. The molecular formula is C12H8F3N5O3. The number of rotatable bonds is 4. The molecule has 1 heterocycles. The summed E-state index contributed by atoms with van der Waals surface area (Å²) in [6.07, 6.45) is -6.15. The van der Waals surface area contributed by atoms with Gasteiger partial charge in [-0.15, -0.1) is 18.3 Å². The monoisotopic (exact) mass is 327 g/mol. The predicted molar refractivity (Wildman–Crippen MR) is 65.6 cm³/mol. The highest BCUT2D eigenvalue weighted by molar-refractivity contribution is 5.66. The lowest BCUT2D eigenvalue weighted by Gasteiger charge is -2.16. The fraction of sp³-hybridized carbons (Fsp3) is 0.250. The Morgan fingerprint density at radius 1 is 1.43 bits per heavy atom. The van der Waals surface area contributed by atoms with Gasteiger partial charge in [0.15, 0.2) is 11.9 Å². The molecule has 23 heavy (non-hydrogen) atoms. The number of carbonyl (C=O) groups excluding carboxylic acids is 1. The number of carbonyl (C=O) groups is 1. The molecule has 0 radical (unpaired) electrons. The van der Waals surface area contributed by atoms with Crippen LogP contribution in [0.25, 0.3) is 0 Å². The van der Waals surface area contributed by atoms with E-state index in [0.717, 1.165) is 19.1 Å². The largest absolute Gasteiger partial charge is 0.573 e. The molecule has 0 saturated heterocycles. The zero-order valence-electron chi connectivity index (χ0n) is 11.5. The Balaban J connectivity index is 2.46. The molecule has 2 rings (SSSR count). The number of tetrazole rings is 1. The average molecular weight is 327 g/mol. The van der Waals surface area contributed by atoms with Gasteiger partial charge in [-0.2, -0.15) is 5.26 Å². The third-order valence-corrected chi connectivity index (χ3v) is 2.55. The van der Waals surface area contributed by atoms with E-state index in [2.05, 4.69) is 25.4 Å². The summed E-state index contributed by atoms with van der Waals surface area (Å²) < 4.78 is 46.1. The molecule has 1 N–H and O–H groups in total. The van der Waals surface area contributed by atoms with Crippen LogP contribution >= 0.6 is 0 Å². The quantitative estimate of drug-likeness (QED) is 0.849. The van der Waals surface area contributed by atoms with Crippen LogP contribution in [0.2, 0.25) is 0 Å². The van der Waals surface area contributed by atoms with Crippen molar-refractivity contribution in [1.82, 2.24) is 20.6 Å². The fourth-order valence-electron chi connectivity index (χ4n) is 1.73. The van der Waals surface area contributed by atoms with Gasteiger partial charge >= 0.3 is 12.3 Å². The minimum atomic E-state index is -4.98. The van der Waals surface area contributed by atoms with Crippen LogP contribution in [0.5, 0.6) is 5.75 Å². The van der Waals surface area contributed by atoms with Gasteiger partial charge in [0, 0.05) is 12.5 Å². The van der Waals surface area contributed by atoms with Gasteiger partial charge < -0.3 is 9.47 Å². The Morgan fingerprint density at radius 3 is 2.70 bits per heavy atom. The van der Waals surface area contributed by atoms with E-state index in [-0.39, 0.29) is 17.0 Å². The summed E-state index contributed by atoms with van der Waals surface area (Å²) in [5, 5.41) is 21.4. The van der Waals surface area contributed by atoms with E-state index >= 15 is 0 Å². The van der Waals surface area contributed by atoms with E-state index in [0.29, 0.717) is 0 Å². The highest BCUT2D eigenvalue weighted by atomic mass is 19.4. The number of hydrogen-bond donors (Lipinski definition) is 1. The van der Waals surface area contributed by atoms with E-state index in [4.69, 9.17) is 10.00 Å². The summed E-state index contributed by atoms with van der Waals surface area (Å²) in [4.78, 5) is 11.2. The summed E-state index contributed by atoms with van der Waals surface area (Å²) >= 11 is 0. The number of alkyl halides is 3. The van der Waals surface area contributed by atoms with Crippen molar-refractivity contribution in [3.8, 4) is 11.8 Å². The molecule has 0 saturated carbocycles. The normalized spacial score (nSPS) is 12.3. The molecule has 120 valence electrons. The van der Waals surface area contributed by atoms with Crippen molar-refractivity contribution in [3.63, 3.8) is 0 Å². The molecule has 0 bridgehead atoms. The van der Waals surface area contributed by atoms with Crippen LogP contribution in [0, 0.1) is 11.3 Å². The van der Waals surface area contributed by atoms with E-state index in [1.807, 2.05) is 0 Å². The van der Waals surface area contributed by atoms with E-state index in [1.165, 1.54) is 6.07 Å². The second-order valence-electron chi connectivity index (χ2n) is 4.19. The molecule has 1 unspecified atom stereocenters. The van der Waals surface area contributed by atoms with Crippen molar-refractivity contribution in [2.45, 2.75) is 19.4 Å². The molecule has 0 fully saturated rings. The number of ether oxygens (including phenoxy) is 2. The molecule has 0 aliphatic rings. The number of halogens is 3. The lowest BCUT2D eigenvalue weighted by molar-refractivity contribution is -0.274. The number of benzene rings is 1. The van der Waals surface area contributed by atoms with Crippen LogP contribution in [0.1, 0.15) is 30.0 Å². The van der Waals surface area contributed by atoms with Gasteiger partial charge in [0.25, 0.3) is 0 Å². The van der Waals surface area contributed by atoms with Crippen molar-refractivity contribution in [2.24, 2.45) is 0 Å². The Hall–Kier alpha value is -3.16. The van der Waals surface area contributed by atoms with Crippen molar-refractivity contribution in [2.75, 3.05) is 0 Å². The minimum absolute atomic E-state index is 0.00265. The molecule has 1 atom stereocenters. The number of aromatic nitrogens is 4. The summed E-state index contributed by atoms with van der Waals surface area (Å²) in [5.41, 5.74) is -0.236. The molecule has 0 spiro atoms. The first kappa shape index (κ1) is 16.2. The highest BCUT2D eigenvalue weighted by Gasteiger charge is 2.33. The lowest BCUT2D eigenvalue weighted by Crippen LogP contribution is -2.18. The number of nitrogens with zero attached hydrogens (tertiary/aromatic N) is 4. The molecule has 0 aliphatic heterocycles. The SMILES string of the molecule is CC(=O)OC(c1ccc(C#N)c(OC(F)(F)F)c1)c1nnn[nH]1.